The number of aromatic nitrogens is 1. The standard InChI is InChI=1S/C12H11ClN4O3S/c13-11-4-5-15-7-10(11)12(18)16-8-2-1-3-9(6-8)17-21(14,19)20/h1-7,17H,(H,16,18)(H2,14,19,20). The number of pyridine rings is 1. The van der Waals surface area contributed by atoms with Gasteiger partial charge in [-0.1, -0.05) is 17.7 Å². The zero-order valence-electron chi connectivity index (χ0n) is 10.6. The number of benzene rings is 1. The Bertz CT molecular complexity index is 780. The molecule has 0 atom stereocenters. The van der Waals surface area contributed by atoms with Gasteiger partial charge in [0.05, 0.1) is 16.3 Å². The van der Waals surface area contributed by atoms with Crippen LogP contribution in [0.2, 0.25) is 5.02 Å². The summed E-state index contributed by atoms with van der Waals surface area (Å²) in [6.45, 7) is 0. The van der Waals surface area contributed by atoms with Crippen molar-refractivity contribution in [3.05, 3.63) is 53.3 Å². The highest BCUT2D eigenvalue weighted by atomic mass is 35.5. The number of nitrogens with zero attached hydrogens (tertiary/aromatic N) is 1. The van der Waals surface area contributed by atoms with E-state index in [1.165, 1.54) is 30.6 Å². The SMILES string of the molecule is NS(=O)(=O)Nc1cccc(NC(=O)c2cnccc2Cl)c1. The van der Waals surface area contributed by atoms with Gasteiger partial charge in [-0.2, -0.15) is 8.42 Å². The molecule has 1 amide bonds. The van der Waals surface area contributed by atoms with E-state index in [0.717, 1.165) is 0 Å². The van der Waals surface area contributed by atoms with Crippen molar-refractivity contribution in [2.75, 3.05) is 10.0 Å². The second kappa shape index (κ2) is 6.08. The van der Waals surface area contributed by atoms with Crippen LogP contribution in [0, 0.1) is 0 Å². The van der Waals surface area contributed by atoms with Crippen molar-refractivity contribution in [2.24, 2.45) is 5.14 Å². The molecule has 110 valence electrons. The zero-order chi connectivity index (χ0) is 15.5. The van der Waals surface area contributed by atoms with Crippen molar-refractivity contribution in [2.45, 2.75) is 0 Å². The quantitative estimate of drug-likeness (QED) is 0.791. The second-order valence-corrected chi connectivity index (χ2v) is 5.74. The summed E-state index contributed by atoms with van der Waals surface area (Å²) in [7, 11) is -3.88. The first-order chi connectivity index (χ1) is 9.85. The number of nitrogens with one attached hydrogen (secondary N) is 2. The Hall–Kier alpha value is -2.16. The largest absolute Gasteiger partial charge is 0.322 e. The molecule has 0 saturated heterocycles. The van der Waals surface area contributed by atoms with Crippen molar-refractivity contribution < 1.29 is 13.2 Å². The first kappa shape index (κ1) is 15.2. The predicted octanol–water partition coefficient (Wildman–Crippen LogP) is 1.60. The molecular formula is C12H11ClN4O3S. The molecule has 9 heteroatoms. The smallest absolute Gasteiger partial charge is 0.296 e. The van der Waals surface area contributed by atoms with Crippen LogP contribution in [0.1, 0.15) is 10.4 Å². The van der Waals surface area contributed by atoms with E-state index in [1.54, 1.807) is 12.1 Å². The van der Waals surface area contributed by atoms with E-state index in [-0.39, 0.29) is 16.3 Å². The number of anilines is 2. The van der Waals surface area contributed by atoms with Gasteiger partial charge in [0.15, 0.2) is 0 Å². The number of amides is 1. The number of hydrogen-bond acceptors (Lipinski definition) is 4. The summed E-state index contributed by atoms with van der Waals surface area (Å²) in [4.78, 5) is 15.9. The number of nitrogens with two attached hydrogens (primary N) is 1. The van der Waals surface area contributed by atoms with E-state index in [0.29, 0.717) is 5.69 Å². The summed E-state index contributed by atoms with van der Waals surface area (Å²) in [5, 5.41) is 7.73. The van der Waals surface area contributed by atoms with Crippen LogP contribution in [0.15, 0.2) is 42.7 Å². The maximum atomic E-state index is 12.0. The highest BCUT2D eigenvalue weighted by Crippen LogP contribution is 2.19. The van der Waals surface area contributed by atoms with Gasteiger partial charge in [0.1, 0.15) is 0 Å². The van der Waals surface area contributed by atoms with Gasteiger partial charge in [-0.25, -0.2) is 5.14 Å². The molecule has 4 N–H and O–H groups in total. The van der Waals surface area contributed by atoms with Crippen LogP contribution in [-0.4, -0.2) is 19.3 Å². The third kappa shape index (κ3) is 4.42. The Morgan fingerprint density at radius 3 is 2.62 bits per heavy atom. The van der Waals surface area contributed by atoms with Crippen molar-refractivity contribution in [1.82, 2.24) is 4.98 Å². The molecule has 2 aromatic rings. The minimum Gasteiger partial charge on any atom is -0.322 e. The van der Waals surface area contributed by atoms with Gasteiger partial charge in [0, 0.05) is 18.1 Å². The van der Waals surface area contributed by atoms with Gasteiger partial charge in [0.2, 0.25) is 0 Å². The summed E-state index contributed by atoms with van der Waals surface area (Å²) in [5.74, 6) is -0.458. The van der Waals surface area contributed by atoms with E-state index in [4.69, 9.17) is 16.7 Å². The highest BCUT2D eigenvalue weighted by molar-refractivity contribution is 7.90. The Morgan fingerprint density at radius 2 is 1.95 bits per heavy atom. The monoisotopic (exact) mass is 326 g/mol. The van der Waals surface area contributed by atoms with Crippen molar-refractivity contribution in [1.29, 1.82) is 0 Å². The van der Waals surface area contributed by atoms with Crippen LogP contribution in [0.4, 0.5) is 11.4 Å². The summed E-state index contributed by atoms with van der Waals surface area (Å²) in [6, 6.07) is 7.57. The predicted molar refractivity (Wildman–Crippen MR) is 80.4 cm³/mol. The molecule has 0 aliphatic carbocycles. The van der Waals surface area contributed by atoms with Gasteiger partial charge in [-0.3, -0.25) is 14.5 Å². The van der Waals surface area contributed by atoms with Crippen LogP contribution in [-0.2, 0) is 10.2 Å². The van der Waals surface area contributed by atoms with Crippen molar-refractivity contribution in [3.63, 3.8) is 0 Å². The van der Waals surface area contributed by atoms with Crippen molar-refractivity contribution in [3.8, 4) is 0 Å². The first-order valence-electron chi connectivity index (χ1n) is 5.66. The van der Waals surface area contributed by atoms with E-state index >= 15 is 0 Å². The van der Waals surface area contributed by atoms with Crippen LogP contribution < -0.4 is 15.2 Å². The van der Waals surface area contributed by atoms with E-state index < -0.39 is 16.1 Å². The molecule has 1 heterocycles. The summed E-state index contributed by atoms with van der Waals surface area (Å²) >= 11 is 5.89. The third-order valence-electron chi connectivity index (χ3n) is 2.39. The van der Waals surface area contributed by atoms with Gasteiger partial charge >= 0.3 is 0 Å². The van der Waals surface area contributed by atoms with E-state index in [2.05, 4.69) is 15.0 Å². The molecule has 0 unspecified atom stereocenters. The lowest BCUT2D eigenvalue weighted by molar-refractivity contribution is 0.102. The van der Waals surface area contributed by atoms with Gasteiger partial charge in [-0.05, 0) is 24.3 Å². The van der Waals surface area contributed by atoms with Crippen LogP contribution in [0.25, 0.3) is 0 Å². The molecule has 0 radical (unpaired) electrons. The Labute approximate surface area is 126 Å². The first-order valence-corrected chi connectivity index (χ1v) is 7.59. The zero-order valence-corrected chi connectivity index (χ0v) is 12.1. The van der Waals surface area contributed by atoms with Gasteiger partial charge < -0.3 is 5.32 Å². The molecule has 1 aromatic heterocycles. The highest BCUT2D eigenvalue weighted by Gasteiger charge is 2.11. The molecule has 0 fully saturated rings. The fourth-order valence-electron chi connectivity index (χ4n) is 1.57. The van der Waals surface area contributed by atoms with Crippen molar-refractivity contribution >= 4 is 39.1 Å². The molecule has 0 bridgehead atoms. The summed E-state index contributed by atoms with van der Waals surface area (Å²) < 4.78 is 24.0. The Kier molecular flexibility index (Phi) is 4.41. The fourth-order valence-corrected chi connectivity index (χ4v) is 2.21. The molecule has 7 nitrogen and oxygen atoms in total. The number of hydrogen-bond donors (Lipinski definition) is 3. The molecule has 0 spiro atoms. The van der Waals surface area contributed by atoms with Crippen LogP contribution in [0.5, 0.6) is 0 Å². The summed E-state index contributed by atoms with van der Waals surface area (Å²) in [6.07, 6.45) is 2.81. The maximum absolute atomic E-state index is 12.0. The minimum absolute atomic E-state index is 0.212. The molecule has 2 rings (SSSR count). The van der Waals surface area contributed by atoms with E-state index in [9.17, 15) is 13.2 Å². The number of carbonyl (C=O) groups excluding carboxylic acids is 1. The molecule has 0 saturated carbocycles. The fraction of sp³-hybridized carbons (Fsp3) is 0. The molecule has 21 heavy (non-hydrogen) atoms. The third-order valence-corrected chi connectivity index (χ3v) is 3.24. The van der Waals surface area contributed by atoms with E-state index in [1.807, 2.05) is 0 Å². The normalized spacial score (nSPS) is 11.0. The molecule has 0 aliphatic heterocycles. The average Bonchev–Trinajstić information content (AvgIpc) is 2.37. The Morgan fingerprint density at radius 1 is 1.24 bits per heavy atom. The lowest BCUT2D eigenvalue weighted by atomic mass is 10.2. The van der Waals surface area contributed by atoms with Crippen LogP contribution in [0.3, 0.4) is 0 Å². The van der Waals surface area contributed by atoms with Gasteiger partial charge in [-0.15, -0.1) is 0 Å². The second-order valence-electron chi connectivity index (χ2n) is 4.04. The lowest BCUT2D eigenvalue weighted by Crippen LogP contribution is -2.21. The molecule has 0 aliphatic rings. The Balaban J connectivity index is 2.19. The van der Waals surface area contributed by atoms with Gasteiger partial charge in [0.25, 0.3) is 16.1 Å². The molecule has 1 aromatic carbocycles. The number of halogens is 1. The molecular weight excluding hydrogens is 316 g/mol. The van der Waals surface area contributed by atoms with Crippen LogP contribution >= 0.6 is 11.6 Å². The number of carbonyl (C=O) groups is 1. The summed E-state index contributed by atoms with van der Waals surface area (Å²) in [5.41, 5.74) is 0.824. The lowest BCUT2D eigenvalue weighted by Gasteiger charge is -2.08. The topological polar surface area (TPSA) is 114 Å². The maximum Gasteiger partial charge on any atom is 0.296 e. The minimum atomic E-state index is -3.88. The number of rotatable bonds is 4. The average molecular weight is 327 g/mol.